The van der Waals surface area contributed by atoms with Crippen molar-refractivity contribution in [1.82, 2.24) is 0 Å². The summed E-state index contributed by atoms with van der Waals surface area (Å²) >= 11 is 0. The minimum Gasteiger partial charge on any atom is -0.480 e. The zero-order valence-corrected chi connectivity index (χ0v) is 25.2. The predicted molar refractivity (Wildman–Crippen MR) is 148 cm³/mol. The summed E-state index contributed by atoms with van der Waals surface area (Å²) in [5.74, 6) is -3.42. The van der Waals surface area contributed by atoms with Gasteiger partial charge in [0.25, 0.3) is 0 Å². The van der Waals surface area contributed by atoms with Crippen LogP contribution in [0.3, 0.4) is 0 Å². The summed E-state index contributed by atoms with van der Waals surface area (Å²) in [5.41, 5.74) is 5.16. The standard InChI is InChI=1S/C30H47NO8/c1-11-30(9,10)27(36)37-18(2)14-20(25(31)26(34)35)19-12-13-21(38-23(32)16-28(3,4)5)22(15-19)39-24(33)17-29(6,7)8/h12-13,15,18,20,25H,11,14,16-17,31H2,1-10H3,(H,34,35)/t18?,20?,25-/m0/s1. The number of ether oxygens (including phenoxy) is 3. The third kappa shape index (κ3) is 11.8. The van der Waals surface area contributed by atoms with E-state index in [2.05, 4.69) is 0 Å². The van der Waals surface area contributed by atoms with Crippen LogP contribution in [-0.4, -0.2) is 41.1 Å². The molecule has 3 atom stereocenters. The molecule has 3 N–H and O–H groups in total. The van der Waals surface area contributed by atoms with Gasteiger partial charge in [0.2, 0.25) is 0 Å². The third-order valence-corrected chi connectivity index (χ3v) is 6.24. The molecule has 0 fully saturated rings. The highest BCUT2D eigenvalue weighted by Crippen LogP contribution is 2.36. The van der Waals surface area contributed by atoms with E-state index in [9.17, 15) is 24.3 Å². The van der Waals surface area contributed by atoms with Gasteiger partial charge in [-0.2, -0.15) is 0 Å². The van der Waals surface area contributed by atoms with E-state index >= 15 is 0 Å². The van der Waals surface area contributed by atoms with E-state index < -0.39 is 47.4 Å². The first-order valence-corrected chi connectivity index (χ1v) is 13.4. The molecule has 0 radical (unpaired) electrons. The maximum atomic E-state index is 12.7. The van der Waals surface area contributed by atoms with Crippen molar-refractivity contribution in [2.24, 2.45) is 22.0 Å². The van der Waals surface area contributed by atoms with Crippen LogP contribution in [0.1, 0.15) is 106 Å². The van der Waals surface area contributed by atoms with Crippen LogP contribution in [0.15, 0.2) is 18.2 Å². The molecule has 0 aliphatic carbocycles. The van der Waals surface area contributed by atoms with Gasteiger partial charge in [-0.3, -0.25) is 19.2 Å². The number of esters is 3. The van der Waals surface area contributed by atoms with Crippen molar-refractivity contribution in [1.29, 1.82) is 0 Å². The van der Waals surface area contributed by atoms with Crippen molar-refractivity contribution in [3.63, 3.8) is 0 Å². The molecule has 9 heteroatoms. The van der Waals surface area contributed by atoms with Crippen LogP contribution in [-0.2, 0) is 23.9 Å². The Hall–Kier alpha value is -2.94. The number of carbonyl (C=O) groups is 4. The summed E-state index contributed by atoms with van der Waals surface area (Å²) in [5, 5.41) is 9.71. The van der Waals surface area contributed by atoms with E-state index in [1.54, 1.807) is 26.8 Å². The Balaban J connectivity index is 3.43. The molecule has 0 saturated carbocycles. The van der Waals surface area contributed by atoms with Gasteiger partial charge in [-0.15, -0.1) is 0 Å². The molecule has 0 saturated heterocycles. The number of carbonyl (C=O) groups excluding carboxylic acids is 3. The number of aliphatic carboxylic acids is 1. The molecule has 0 bridgehead atoms. The van der Waals surface area contributed by atoms with Gasteiger partial charge in [-0.1, -0.05) is 54.5 Å². The van der Waals surface area contributed by atoms with Gasteiger partial charge in [-0.05, 0) is 62.1 Å². The summed E-state index contributed by atoms with van der Waals surface area (Å²) in [6, 6.07) is 3.18. The zero-order valence-electron chi connectivity index (χ0n) is 25.2. The Morgan fingerprint density at radius 2 is 1.36 bits per heavy atom. The molecule has 0 aliphatic heterocycles. The lowest BCUT2D eigenvalue weighted by Crippen LogP contribution is -2.39. The van der Waals surface area contributed by atoms with Crippen LogP contribution >= 0.6 is 0 Å². The average molecular weight is 550 g/mol. The second-order valence-corrected chi connectivity index (χ2v) is 13.3. The van der Waals surface area contributed by atoms with Gasteiger partial charge in [0, 0.05) is 5.92 Å². The third-order valence-electron chi connectivity index (χ3n) is 6.24. The number of benzene rings is 1. The van der Waals surface area contributed by atoms with Crippen LogP contribution in [0, 0.1) is 16.2 Å². The number of carboxylic acids is 1. The van der Waals surface area contributed by atoms with Gasteiger partial charge in [0.15, 0.2) is 11.5 Å². The van der Waals surface area contributed by atoms with E-state index in [1.165, 1.54) is 12.1 Å². The SMILES string of the molecule is CCC(C)(C)C(=O)OC(C)CC(c1ccc(OC(=O)CC(C)(C)C)c(OC(=O)CC(C)(C)C)c1)[C@H](N)C(=O)O. The van der Waals surface area contributed by atoms with E-state index in [1.807, 2.05) is 48.5 Å². The number of rotatable bonds is 12. The first-order chi connectivity index (χ1) is 17.6. The topological polar surface area (TPSA) is 142 Å². The lowest BCUT2D eigenvalue weighted by atomic mass is 9.86. The maximum absolute atomic E-state index is 12.7. The number of nitrogens with two attached hydrogens (primary N) is 1. The van der Waals surface area contributed by atoms with Crippen molar-refractivity contribution >= 4 is 23.9 Å². The fourth-order valence-corrected chi connectivity index (χ4v) is 3.66. The summed E-state index contributed by atoms with van der Waals surface area (Å²) in [6.07, 6.45) is 0.278. The van der Waals surface area contributed by atoms with Gasteiger partial charge < -0.3 is 25.1 Å². The van der Waals surface area contributed by atoms with Crippen molar-refractivity contribution < 1.29 is 38.5 Å². The molecule has 0 heterocycles. The van der Waals surface area contributed by atoms with Gasteiger partial charge in [0.05, 0.1) is 24.4 Å². The predicted octanol–water partition coefficient (Wildman–Crippen LogP) is 5.62. The molecule has 1 aromatic rings. The largest absolute Gasteiger partial charge is 0.480 e. The molecule has 1 aromatic carbocycles. The number of hydrogen-bond donors (Lipinski definition) is 2. The Kier molecular flexibility index (Phi) is 11.7. The monoisotopic (exact) mass is 549 g/mol. The van der Waals surface area contributed by atoms with E-state index in [-0.39, 0.29) is 41.6 Å². The molecule has 0 amide bonds. The zero-order chi connectivity index (χ0) is 30.3. The normalized spacial score (nSPS) is 14.6. The highest BCUT2D eigenvalue weighted by molar-refractivity contribution is 5.78. The van der Waals surface area contributed by atoms with Crippen LogP contribution in [0.5, 0.6) is 11.5 Å². The van der Waals surface area contributed by atoms with Crippen LogP contribution in [0.4, 0.5) is 0 Å². The van der Waals surface area contributed by atoms with E-state index in [0.717, 1.165) is 0 Å². The summed E-state index contributed by atoms with van der Waals surface area (Å²) in [6.45, 7) is 18.5. The van der Waals surface area contributed by atoms with Crippen molar-refractivity contribution in [3.05, 3.63) is 23.8 Å². The molecular formula is C30H47NO8. The molecule has 0 spiro atoms. The Bertz CT molecular complexity index is 1030. The van der Waals surface area contributed by atoms with Crippen LogP contribution in [0.2, 0.25) is 0 Å². The highest BCUT2D eigenvalue weighted by atomic mass is 16.6. The fourth-order valence-electron chi connectivity index (χ4n) is 3.66. The van der Waals surface area contributed by atoms with Crippen LogP contribution in [0.25, 0.3) is 0 Å². The Morgan fingerprint density at radius 1 is 0.872 bits per heavy atom. The first-order valence-electron chi connectivity index (χ1n) is 13.4. The Morgan fingerprint density at radius 3 is 1.79 bits per heavy atom. The van der Waals surface area contributed by atoms with Crippen molar-refractivity contribution in [2.45, 2.75) is 113 Å². The maximum Gasteiger partial charge on any atom is 0.321 e. The second-order valence-electron chi connectivity index (χ2n) is 13.3. The van der Waals surface area contributed by atoms with E-state index in [0.29, 0.717) is 12.0 Å². The summed E-state index contributed by atoms with van der Waals surface area (Å²) in [7, 11) is 0. The van der Waals surface area contributed by atoms with E-state index in [4.69, 9.17) is 19.9 Å². The minimum atomic E-state index is -1.34. The lowest BCUT2D eigenvalue weighted by Gasteiger charge is -2.28. The van der Waals surface area contributed by atoms with Gasteiger partial charge in [-0.25, -0.2) is 0 Å². The Labute approximate surface area is 232 Å². The molecule has 2 unspecified atom stereocenters. The summed E-state index contributed by atoms with van der Waals surface area (Å²) < 4.78 is 16.8. The average Bonchev–Trinajstić information content (AvgIpc) is 2.75. The van der Waals surface area contributed by atoms with Crippen molar-refractivity contribution in [2.75, 3.05) is 0 Å². The molecule has 0 aliphatic rings. The summed E-state index contributed by atoms with van der Waals surface area (Å²) in [4.78, 5) is 49.7. The molecule has 9 nitrogen and oxygen atoms in total. The molecule has 1 rings (SSSR count). The van der Waals surface area contributed by atoms with Gasteiger partial charge >= 0.3 is 23.9 Å². The van der Waals surface area contributed by atoms with Crippen LogP contribution < -0.4 is 15.2 Å². The minimum absolute atomic E-state index is 0.0108. The lowest BCUT2D eigenvalue weighted by molar-refractivity contribution is -0.159. The molecule has 0 aromatic heterocycles. The quantitative estimate of drug-likeness (QED) is 0.251. The molecule has 39 heavy (non-hydrogen) atoms. The number of carboxylic acid groups (broad SMARTS) is 1. The fraction of sp³-hybridized carbons (Fsp3) is 0.667. The highest BCUT2D eigenvalue weighted by Gasteiger charge is 2.33. The number of hydrogen-bond acceptors (Lipinski definition) is 8. The molecular weight excluding hydrogens is 502 g/mol. The first kappa shape index (κ1) is 34.1. The van der Waals surface area contributed by atoms with Gasteiger partial charge in [0.1, 0.15) is 6.04 Å². The second kappa shape index (κ2) is 13.4. The van der Waals surface area contributed by atoms with Crippen molar-refractivity contribution in [3.8, 4) is 11.5 Å². The smallest absolute Gasteiger partial charge is 0.321 e. The molecule has 220 valence electrons.